The SMILES string of the molecule is Cc1c(N)ccc(-c2cnn(S(=O)(=O)C(C)C)c2)c1Cl. The molecule has 2 rings (SSSR count). The van der Waals surface area contributed by atoms with E-state index in [9.17, 15) is 8.42 Å². The van der Waals surface area contributed by atoms with E-state index in [0.29, 0.717) is 21.8 Å². The Morgan fingerprint density at radius 2 is 2.00 bits per heavy atom. The predicted molar refractivity (Wildman–Crippen MR) is 81.3 cm³/mol. The zero-order chi connectivity index (χ0) is 15.1. The molecule has 1 aromatic carbocycles. The molecular formula is C13H16ClN3O2S. The monoisotopic (exact) mass is 313 g/mol. The molecule has 0 aliphatic heterocycles. The third kappa shape index (κ3) is 2.41. The van der Waals surface area contributed by atoms with Crippen molar-refractivity contribution >= 4 is 27.3 Å². The summed E-state index contributed by atoms with van der Waals surface area (Å²) in [4.78, 5) is 0. The molecule has 1 aromatic heterocycles. The van der Waals surface area contributed by atoms with Crippen LogP contribution in [0, 0.1) is 6.92 Å². The predicted octanol–water partition coefficient (Wildman–Crippen LogP) is 2.68. The minimum Gasteiger partial charge on any atom is -0.398 e. The van der Waals surface area contributed by atoms with E-state index in [-0.39, 0.29) is 0 Å². The van der Waals surface area contributed by atoms with Gasteiger partial charge in [-0.2, -0.15) is 9.19 Å². The number of nitrogen functional groups attached to an aromatic ring is 1. The first-order chi connectivity index (χ1) is 9.25. The Kier molecular flexibility index (Phi) is 3.80. The van der Waals surface area contributed by atoms with E-state index in [1.54, 1.807) is 26.0 Å². The smallest absolute Gasteiger partial charge is 0.256 e. The summed E-state index contributed by atoms with van der Waals surface area (Å²) in [6.45, 7) is 5.03. The van der Waals surface area contributed by atoms with E-state index >= 15 is 0 Å². The molecule has 0 aliphatic carbocycles. The van der Waals surface area contributed by atoms with Crippen LogP contribution in [0.2, 0.25) is 5.02 Å². The van der Waals surface area contributed by atoms with Crippen LogP contribution in [0.3, 0.4) is 0 Å². The van der Waals surface area contributed by atoms with Crippen molar-refractivity contribution in [3.63, 3.8) is 0 Å². The number of anilines is 1. The van der Waals surface area contributed by atoms with Gasteiger partial charge in [-0.05, 0) is 32.4 Å². The maximum absolute atomic E-state index is 12.0. The topological polar surface area (TPSA) is 78.0 Å². The fourth-order valence-electron chi connectivity index (χ4n) is 1.72. The van der Waals surface area contributed by atoms with Crippen molar-refractivity contribution in [2.24, 2.45) is 0 Å². The second kappa shape index (κ2) is 5.10. The van der Waals surface area contributed by atoms with Crippen LogP contribution in [0.5, 0.6) is 0 Å². The van der Waals surface area contributed by atoms with Gasteiger partial charge in [0.25, 0.3) is 10.0 Å². The fourth-order valence-corrected chi connectivity index (χ4v) is 2.87. The summed E-state index contributed by atoms with van der Waals surface area (Å²) in [5.41, 5.74) is 8.50. The molecule has 108 valence electrons. The Hall–Kier alpha value is -1.53. The van der Waals surface area contributed by atoms with E-state index in [1.165, 1.54) is 12.4 Å². The van der Waals surface area contributed by atoms with Gasteiger partial charge in [0, 0.05) is 16.8 Å². The number of aromatic nitrogens is 2. The van der Waals surface area contributed by atoms with Crippen LogP contribution in [-0.2, 0) is 10.0 Å². The van der Waals surface area contributed by atoms with E-state index in [2.05, 4.69) is 5.10 Å². The third-order valence-corrected chi connectivity index (χ3v) is 5.56. The highest BCUT2D eigenvalue weighted by molar-refractivity contribution is 7.90. The van der Waals surface area contributed by atoms with Gasteiger partial charge in [0.05, 0.1) is 22.7 Å². The van der Waals surface area contributed by atoms with E-state index in [4.69, 9.17) is 17.3 Å². The molecule has 0 atom stereocenters. The van der Waals surface area contributed by atoms with E-state index < -0.39 is 15.3 Å². The second-order valence-electron chi connectivity index (χ2n) is 4.84. The lowest BCUT2D eigenvalue weighted by Gasteiger charge is -2.08. The van der Waals surface area contributed by atoms with Crippen molar-refractivity contribution in [2.45, 2.75) is 26.0 Å². The fraction of sp³-hybridized carbons (Fsp3) is 0.308. The minimum absolute atomic E-state index is 0.506. The van der Waals surface area contributed by atoms with Crippen LogP contribution in [0.1, 0.15) is 19.4 Å². The molecule has 0 amide bonds. The van der Waals surface area contributed by atoms with Crippen molar-refractivity contribution < 1.29 is 8.42 Å². The molecule has 7 heteroatoms. The van der Waals surface area contributed by atoms with Crippen molar-refractivity contribution in [1.29, 1.82) is 0 Å². The number of halogens is 1. The maximum atomic E-state index is 12.0. The van der Waals surface area contributed by atoms with Gasteiger partial charge in [0.15, 0.2) is 0 Å². The molecule has 0 saturated carbocycles. The summed E-state index contributed by atoms with van der Waals surface area (Å²) in [6, 6.07) is 3.50. The lowest BCUT2D eigenvalue weighted by atomic mass is 10.1. The highest BCUT2D eigenvalue weighted by Crippen LogP contribution is 2.33. The summed E-state index contributed by atoms with van der Waals surface area (Å²) in [6.07, 6.45) is 2.95. The number of benzene rings is 1. The van der Waals surface area contributed by atoms with Gasteiger partial charge in [-0.3, -0.25) is 0 Å². The van der Waals surface area contributed by atoms with Gasteiger partial charge in [0.1, 0.15) is 0 Å². The van der Waals surface area contributed by atoms with Gasteiger partial charge < -0.3 is 5.73 Å². The third-order valence-electron chi connectivity index (χ3n) is 3.16. The first kappa shape index (κ1) is 14.9. The largest absolute Gasteiger partial charge is 0.398 e. The molecule has 2 N–H and O–H groups in total. The van der Waals surface area contributed by atoms with Crippen molar-refractivity contribution in [1.82, 2.24) is 9.19 Å². The first-order valence-electron chi connectivity index (χ1n) is 6.09. The van der Waals surface area contributed by atoms with Gasteiger partial charge >= 0.3 is 0 Å². The molecule has 0 fully saturated rings. The van der Waals surface area contributed by atoms with E-state index in [1.807, 2.05) is 6.92 Å². The number of rotatable bonds is 3. The zero-order valence-corrected chi connectivity index (χ0v) is 13.0. The molecule has 0 unspecified atom stereocenters. The van der Waals surface area contributed by atoms with Crippen LogP contribution >= 0.6 is 11.6 Å². The summed E-state index contributed by atoms with van der Waals surface area (Å²) in [5.74, 6) is 0. The van der Waals surface area contributed by atoms with E-state index in [0.717, 1.165) is 9.65 Å². The summed E-state index contributed by atoms with van der Waals surface area (Å²) < 4.78 is 25.0. The molecule has 0 aliphatic rings. The zero-order valence-electron chi connectivity index (χ0n) is 11.5. The Labute approximate surface area is 123 Å². The molecule has 20 heavy (non-hydrogen) atoms. The van der Waals surface area contributed by atoms with Crippen LogP contribution in [0.25, 0.3) is 11.1 Å². The standard InChI is InChI=1S/C13H16ClN3O2S/c1-8(2)20(18,19)17-7-10(6-16-17)11-4-5-12(15)9(3)13(11)14/h4-8H,15H2,1-3H3. The summed E-state index contributed by atoms with van der Waals surface area (Å²) in [7, 11) is -3.46. The number of hydrogen-bond acceptors (Lipinski definition) is 4. The Morgan fingerprint density at radius 3 is 2.60 bits per heavy atom. The maximum Gasteiger partial charge on any atom is 0.256 e. The van der Waals surface area contributed by atoms with Crippen LogP contribution < -0.4 is 5.73 Å². The summed E-state index contributed by atoms with van der Waals surface area (Å²) in [5, 5.41) is 3.88. The highest BCUT2D eigenvalue weighted by Gasteiger charge is 2.20. The highest BCUT2D eigenvalue weighted by atomic mass is 35.5. The average molecular weight is 314 g/mol. The van der Waals surface area contributed by atoms with Crippen molar-refractivity contribution in [3.05, 3.63) is 35.1 Å². The molecule has 0 saturated heterocycles. The van der Waals surface area contributed by atoms with Crippen molar-refractivity contribution in [2.75, 3.05) is 5.73 Å². The van der Waals surface area contributed by atoms with Gasteiger partial charge in [-0.15, -0.1) is 0 Å². The lowest BCUT2D eigenvalue weighted by Crippen LogP contribution is -2.22. The normalized spacial score (nSPS) is 12.1. The molecule has 1 heterocycles. The Balaban J connectivity index is 2.53. The molecule has 5 nitrogen and oxygen atoms in total. The molecular weight excluding hydrogens is 298 g/mol. The number of hydrogen-bond donors (Lipinski definition) is 1. The molecule has 0 spiro atoms. The number of nitrogens with zero attached hydrogens (tertiary/aromatic N) is 2. The van der Waals surface area contributed by atoms with Gasteiger partial charge in [-0.25, -0.2) is 8.42 Å². The first-order valence-corrected chi connectivity index (χ1v) is 7.97. The van der Waals surface area contributed by atoms with Crippen LogP contribution in [0.15, 0.2) is 24.5 Å². The molecule has 0 radical (unpaired) electrons. The molecule has 2 aromatic rings. The van der Waals surface area contributed by atoms with Gasteiger partial charge in [0.2, 0.25) is 0 Å². The average Bonchev–Trinajstić information content (AvgIpc) is 2.86. The molecule has 0 bridgehead atoms. The second-order valence-corrected chi connectivity index (χ2v) is 7.56. The Bertz CT molecular complexity index is 751. The van der Waals surface area contributed by atoms with Crippen LogP contribution in [0.4, 0.5) is 5.69 Å². The quantitative estimate of drug-likeness (QED) is 0.884. The number of nitrogens with two attached hydrogens (primary N) is 1. The van der Waals surface area contributed by atoms with Crippen LogP contribution in [-0.4, -0.2) is 22.9 Å². The summed E-state index contributed by atoms with van der Waals surface area (Å²) >= 11 is 6.25. The van der Waals surface area contributed by atoms with Crippen molar-refractivity contribution in [3.8, 4) is 11.1 Å². The van der Waals surface area contributed by atoms with Gasteiger partial charge in [-0.1, -0.05) is 17.7 Å². The lowest BCUT2D eigenvalue weighted by molar-refractivity contribution is 0.571. The Morgan fingerprint density at radius 1 is 1.35 bits per heavy atom. The minimum atomic E-state index is -3.46.